The summed E-state index contributed by atoms with van der Waals surface area (Å²) in [6.07, 6.45) is -0.0857. The average molecular weight is 298 g/mol. The van der Waals surface area contributed by atoms with E-state index in [9.17, 15) is 9.90 Å². The Morgan fingerprint density at radius 1 is 1.09 bits per heavy atom. The van der Waals surface area contributed by atoms with Gasteiger partial charge in [-0.2, -0.15) is 0 Å². The van der Waals surface area contributed by atoms with E-state index < -0.39 is 6.10 Å². The lowest BCUT2D eigenvalue weighted by Gasteiger charge is -2.13. The Kier molecular flexibility index (Phi) is 5.55. The largest absolute Gasteiger partial charge is 0.391 e. The summed E-state index contributed by atoms with van der Waals surface area (Å²) in [6.45, 7) is 4.19. The molecule has 0 bridgehead atoms. The van der Waals surface area contributed by atoms with E-state index in [4.69, 9.17) is 0 Å². The molecule has 2 amide bonds. The van der Waals surface area contributed by atoms with E-state index >= 15 is 0 Å². The maximum absolute atomic E-state index is 11.9. The van der Waals surface area contributed by atoms with E-state index in [1.807, 2.05) is 62.4 Å². The normalized spacial score (nSPS) is 11.8. The Labute approximate surface area is 131 Å². The Morgan fingerprint density at radius 3 is 2.36 bits per heavy atom. The van der Waals surface area contributed by atoms with E-state index in [0.29, 0.717) is 6.42 Å². The van der Waals surface area contributed by atoms with Gasteiger partial charge in [-0.3, -0.25) is 0 Å². The summed E-state index contributed by atoms with van der Waals surface area (Å²) < 4.78 is 0. The molecule has 116 valence electrons. The number of hydrogen-bond donors (Lipinski definition) is 3. The van der Waals surface area contributed by atoms with Crippen molar-refractivity contribution in [2.75, 3.05) is 11.9 Å². The molecule has 0 aliphatic heterocycles. The van der Waals surface area contributed by atoms with Gasteiger partial charge in [0.2, 0.25) is 0 Å². The second-order valence-corrected chi connectivity index (χ2v) is 5.55. The fourth-order valence-electron chi connectivity index (χ4n) is 2.39. The first kappa shape index (κ1) is 16.0. The molecule has 1 atom stereocenters. The van der Waals surface area contributed by atoms with Gasteiger partial charge in [-0.05, 0) is 42.7 Å². The van der Waals surface area contributed by atoms with Crippen LogP contribution in [0.4, 0.5) is 10.5 Å². The smallest absolute Gasteiger partial charge is 0.319 e. The number of rotatable bonds is 5. The highest BCUT2D eigenvalue weighted by molar-refractivity contribution is 5.89. The standard InChI is InChI=1S/C18H22N2O2/c1-13-8-14(2)10-16(9-13)20-18(22)19-12-17(21)11-15-6-4-3-5-7-15/h3-10,17,21H,11-12H2,1-2H3,(H2,19,20,22). The SMILES string of the molecule is Cc1cc(C)cc(NC(=O)NCC(O)Cc2ccccc2)c1. The van der Waals surface area contributed by atoms with Crippen LogP contribution in [-0.4, -0.2) is 23.8 Å². The first-order chi connectivity index (χ1) is 10.5. The van der Waals surface area contributed by atoms with Crippen molar-refractivity contribution in [3.63, 3.8) is 0 Å². The number of amides is 2. The predicted octanol–water partition coefficient (Wildman–Crippen LogP) is 3.03. The Bertz CT molecular complexity index is 606. The molecule has 0 heterocycles. The van der Waals surface area contributed by atoms with Gasteiger partial charge in [0.05, 0.1) is 6.10 Å². The van der Waals surface area contributed by atoms with Gasteiger partial charge in [-0.25, -0.2) is 4.79 Å². The highest BCUT2D eigenvalue weighted by Crippen LogP contribution is 2.13. The number of anilines is 1. The first-order valence-electron chi connectivity index (χ1n) is 7.38. The molecule has 0 aliphatic rings. The number of carbonyl (C=O) groups is 1. The van der Waals surface area contributed by atoms with Crippen molar-refractivity contribution >= 4 is 11.7 Å². The molecule has 4 heteroatoms. The average Bonchev–Trinajstić information content (AvgIpc) is 2.45. The van der Waals surface area contributed by atoms with Crippen LogP contribution >= 0.6 is 0 Å². The Hall–Kier alpha value is -2.33. The molecule has 0 aromatic heterocycles. The Morgan fingerprint density at radius 2 is 1.73 bits per heavy atom. The monoisotopic (exact) mass is 298 g/mol. The third-order valence-corrected chi connectivity index (χ3v) is 3.29. The van der Waals surface area contributed by atoms with Crippen molar-refractivity contribution in [2.45, 2.75) is 26.4 Å². The van der Waals surface area contributed by atoms with Crippen LogP contribution in [0.3, 0.4) is 0 Å². The van der Waals surface area contributed by atoms with E-state index in [1.165, 1.54) is 0 Å². The van der Waals surface area contributed by atoms with E-state index in [1.54, 1.807) is 0 Å². The highest BCUT2D eigenvalue weighted by atomic mass is 16.3. The minimum atomic E-state index is -0.604. The number of nitrogens with one attached hydrogen (secondary N) is 2. The molecule has 0 aliphatic carbocycles. The summed E-state index contributed by atoms with van der Waals surface area (Å²) in [7, 11) is 0. The first-order valence-corrected chi connectivity index (χ1v) is 7.38. The summed E-state index contributed by atoms with van der Waals surface area (Å²) in [4.78, 5) is 11.9. The molecule has 0 saturated heterocycles. The number of benzene rings is 2. The molecule has 2 rings (SSSR count). The minimum Gasteiger partial charge on any atom is -0.391 e. The van der Waals surface area contributed by atoms with Crippen LogP contribution in [0.5, 0.6) is 0 Å². The zero-order valence-corrected chi connectivity index (χ0v) is 13.0. The van der Waals surface area contributed by atoms with Crippen LogP contribution in [0, 0.1) is 13.8 Å². The summed E-state index contributed by atoms with van der Waals surface area (Å²) in [6, 6.07) is 15.3. The third-order valence-electron chi connectivity index (χ3n) is 3.29. The zero-order chi connectivity index (χ0) is 15.9. The highest BCUT2D eigenvalue weighted by Gasteiger charge is 2.08. The topological polar surface area (TPSA) is 61.4 Å². The van der Waals surface area contributed by atoms with Gasteiger partial charge >= 0.3 is 6.03 Å². The van der Waals surface area contributed by atoms with Gasteiger partial charge in [0.1, 0.15) is 0 Å². The van der Waals surface area contributed by atoms with Gasteiger partial charge in [0, 0.05) is 18.7 Å². The van der Waals surface area contributed by atoms with Crippen LogP contribution in [0.15, 0.2) is 48.5 Å². The van der Waals surface area contributed by atoms with E-state index in [0.717, 1.165) is 22.4 Å². The van der Waals surface area contributed by atoms with Crippen LogP contribution < -0.4 is 10.6 Å². The van der Waals surface area contributed by atoms with Gasteiger partial charge < -0.3 is 15.7 Å². The van der Waals surface area contributed by atoms with Gasteiger partial charge in [0.15, 0.2) is 0 Å². The van der Waals surface area contributed by atoms with Gasteiger partial charge in [-0.15, -0.1) is 0 Å². The van der Waals surface area contributed by atoms with Crippen molar-refractivity contribution in [2.24, 2.45) is 0 Å². The summed E-state index contributed by atoms with van der Waals surface area (Å²) >= 11 is 0. The number of hydrogen-bond acceptors (Lipinski definition) is 2. The third kappa shape index (κ3) is 5.22. The van der Waals surface area contributed by atoms with Crippen LogP contribution in [0.2, 0.25) is 0 Å². The number of aliphatic hydroxyl groups excluding tert-OH is 1. The van der Waals surface area contributed by atoms with E-state index in [2.05, 4.69) is 10.6 Å². The molecule has 4 nitrogen and oxygen atoms in total. The molecule has 2 aromatic carbocycles. The fourth-order valence-corrected chi connectivity index (χ4v) is 2.39. The number of aliphatic hydroxyl groups is 1. The lowest BCUT2D eigenvalue weighted by molar-refractivity contribution is 0.172. The van der Waals surface area contributed by atoms with Crippen molar-refractivity contribution in [3.8, 4) is 0 Å². The molecule has 0 radical (unpaired) electrons. The van der Waals surface area contributed by atoms with Gasteiger partial charge in [-0.1, -0.05) is 36.4 Å². The minimum absolute atomic E-state index is 0.214. The second kappa shape index (κ2) is 7.61. The zero-order valence-electron chi connectivity index (χ0n) is 13.0. The molecule has 2 aromatic rings. The molecule has 3 N–H and O–H groups in total. The lowest BCUT2D eigenvalue weighted by atomic mass is 10.1. The summed E-state index contributed by atoms with van der Waals surface area (Å²) in [5.41, 5.74) is 4.00. The molecular weight excluding hydrogens is 276 g/mol. The van der Waals surface area contributed by atoms with Crippen molar-refractivity contribution in [3.05, 3.63) is 65.2 Å². The summed E-state index contributed by atoms with van der Waals surface area (Å²) in [5, 5.41) is 15.4. The number of urea groups is 1. The molecule has 0 spiro atoms. The maximum atomic E-state index is 11.9. The van der Waals surface area contributed by atoms with Gasteiger partial charge in [0.25, 0.3) is 0 Å². The quantitative estimate of drug-likeness (QED) is 0.794. The molecule has 1 unspecified atom stereocenters. The van der Waals surface area contributed by atoms with Crippen molar-refractivity contribution in [1.82, 2.24) is 5.32 Å². The molecule has 0 fully saturated rings. The predicted molar refractivity (Wildman–Crippen MR) is 89.1 cm³/mol. The maximum Gasteiger partial charge on any atom is 0.319 e. The van der Waals surface area contributed by atoms with Crippen molar-refractivity contribution < 1.29 is 9.90 Å². The number of aryl methyl sites for hydroxylation is 2. The van der Waals surface area contributed by atoms with Crippen LogP contribution in [0.1, 0.15) is 16.7 Å². The van der Waals surface area contributed by atoms with Crippen LogP contribution in [-0.2, 0) is 6.42 Å². The fraction of sp³-hybridized carbons (Fsp3) is 0.278. The molecular formula is C18H22N2O2. The summed E-state index contributed by atoms with van der Waals surface area (Å²) in [5.74, 6) is 0. The van der Waals surface area contributed by atoms with Crippen LogP contribution in [0.25, 0.3) is 0 Å². The Balaban J connectivity index is 1.80. The molecule has 0 saturated carbocycles. The number of carbonyl (C=O) groups excluding carboxylic acids is 1. The van der Waals surface area contributed by atoms with Crippen molar-refractivity contribution in [1.29, 1.82) is 0 Å². The second-order valence-electron chi connectivity index (χ2n) is 5.55. The molecule has 22 heavy (non-hydrogen) atoms. The van der Waals surface area contributed by atoms with E-state index in [-0.39, 0.29) is 12.6 Å². The lowest BCUT2D eigenvalue weighted by Crippen LogP contribution is -2.36.